The van der Waals surface area contributed by atoms with E-state index in [0.29, 0.717) is 0 Å². The molecule has 0 bridgehead atoms. The summed E-state index contributed by atoms with van der Waals surface area (Å²) in [4.78, 5) is 0. The highest BCUT2D eigenvalue weighted by Crippen LogP contribution is 2.25. The van der Waals surface area contributed by atoms with E-state index in [9.17, 15) is 0 Å². The summed E-state index contributed by atoms with van der Waals surface area (Å²) in [7, 11) is 0. The lowest BCUT2D eigenvalue weighted by atomic mass is 9.87. The minimum Gasteiger partial charge on any atom is -0.317 e. The fraction of sp³-hybridized carbons (Fsp3) is 1.00. The standard InChI is InChI=1S/C15H32N2/c1-15(2,3)17-12-7-11-16-13-10-14-8-5-4-6-9-14/h14,16-17H,4-13H2,1-3H3. The molecule has 0 amide bonds. The zero-order valence-corrected chi connectivity index (χ0v) is 12.1. The Labute approximate surface area is 108 Å². The summed E-state index contributed by atoms with van der Waals surface area (Å²) in [5, 5.41) is 7.10. The van der Waals surface area contributed by atoms with Crippen molar-refractivity contribution in [1.82, 2.24) is 10.6 Å². The Morgan fingerprint density at radius 1 is 0.941 bits per heavy atom. The van der Waals surface area contributed by atoms with E-state index in [2.05, 4.69) is 31.4 Å². The van der Waals surface area contributed by atoms with Crippen LogP contribution in [0.4, 0.5) is 0 Å². The maximum absolute atomic E-state index is 3.58. The van der Waals surface area contributed by atoms with Crippen LogP contribution in [-0.2, 0) is 0 Å². The highest BCUT2D eigenvalue weighted by atomic mass is 14.9. The Bertz CT molecular complexity index is 178. The van der Waals surface area contributed by atoms with Gasteiger partial charge in [-0.15, -0.1) is 0 Å². The van der Waals surface area contributed by atoms with Gasteiger partial charge >= 0.3 is 0 Å². The summed E-state index contributed by atoms with van der Waals surface area (Å²) in [6.45, 7) is 10.2. The maximum Gasteiger partial charge on any atom is 0.00965 e. The van der Waals surface area contributed by atoms with Gasteiger partial charge in [0.25, 0.3) is 0 Å². The van der Waals surface area contributed by atoms with Gasteiger partial charge in [0.1, 0.15) is 0 Å². The van der Waals surface area contributed by atoms with Crippen LogP contribution >= 0.6 is 0 Å². The van der Waals surface area contributed by atoms with Crippen LogP contribution in [0.1, 0.15) is 65.7 Å². The Kier molecular flexibility index (Phi) is 7.14. The summed E-state index contributed by atoms with van der Waals surface area (Å²) in [5.41, 5.74) is 0.266. The highest BCUT2D eigenvalue weighted by molar-refractivity contribution is 4.70. The van der Waals surface area contributed by atoms with Crippen molar-refractivity contribution in [3.05, 3.63) is 0 Å². The molecule has 17 heavy (non-hydrogen) atoms. The van der Waals surface area contributed by atoms with Gasteiger partial charge in [0.15, 0.2) is 0 Å². The van der Waals surface area contributed by atoms with Crippen molar-refractivity contribution >= 4 is 0 Å². The maximum atomic E-state index is 3.58. The van der Waals surface area contributed by atoms with Crippen LogP contribution in [0.15, 0.2) is 0 Å². The fourth-order valence-corrected chi connectivity index (χ4v) is 2.58. The molecule has 2 nitrogen and oxygen atoms in total. The van der Waals surface area contributed by atoms with E-state index >= 15 is 0 Å². The van der Waals surface area contributed by atoms with Gasteiger partial charge in [-0.25, -0.2) is 0 Å². The quantitative estimate of drug-likeness (QED) is 0.667. The smallest absolute Gasteiger partial charge is 0.00965 e. The third-order valence-electron chi connectivity index (χ3n) is 3.64. The normalized spacial score (nSPS) is 18.5. The van der Waals surface area contributed by atoms with Crippen LogP contribution in [0.2, 0.25) is 0 Å². The number of hydrogen-bond acceptors (Lipinski definition) is 2. The minimum atomic E-state index is 0.266. The second kappa shape index (κ2) is 8.10. The molecule has 0 saturated heterocycles. The third-order valence-corrected chi connectivity index (χ3v) is 3.64. The van der Waals surface area contributed by atoms with Crippen molar-refractivity contribution in [2.24, 2.45) is 5.92 Å². The first-order valence-electron chi connectivity index (χ1n) is 7.54. The average molecular weight is 240 g/mol. The Morgan fingerprint density at radius 2 is 1.65 bits per heavy atom. The van der Waals surface area contributed by atoms with Crippen LogP contribution in [0.3, 0.4) is 0 Å². The van der Waals surface area contributed by atoms with E-state index in [0.717, 1.165) is 19.0 Å². The lowest BCUT2D eigenvalue weighted by Crippen LogP contribution is -2.37. The molecule has 0 aromatic carbocycles. The summed E-state index contributed by atoms with van der Waals surface area (Å²) >= 11 is 0. The first-order chi connectivity index (χ1) is 8.08. The Hall–Kier alpha value is -0.0800. The molecular formula is C15H32N2. The van der Waals surface area contributed by atoms with E-state index in [1.807, 2.05) is 0 Å². The van der Waals surface area contributed by atoms with Crippen molar-refractivity contribution in [2.45, 2.75) is 71.3 Å². The zero-order chi connectivity index (χ0) is 12.6. The largest absolute Gasteiger partial charge is 0.317 e. The van der Waals surface area contributed by atoms with E-state index in [4.69, 9.17) is 0 Å². The first kappa shape index (κ1) is 15.0. The molecule has 2 heteroatoms. The Morgan fingerprint density at radius 3 is 2.29 bits per heavy atom. The van der Waals surface area contributed by atoms with Crippen LogP contribution in [0.25, 0.3) is 0 Å². The molecule has 1 fully saturated rings. The van der Waals surface area contributed by atoms with Crippen molar-refractivity contribution in [2.75, 3.05) is 19.6 Å². The highest BCUT2D eigenvalue weighted by Gasteiger charge is 2.12. The van der Waals surface area contributed by atoms with Crippen molar-refractivity contribution in [3.8, 4) is 0 Å². The second-order valence-electron chi connectivity index (χ2n) is 6.57. The summed E-state index contributed by atoms with van der Waals surface area (Å²) < 4.78 is 0. The fourth-order valence-electron chi connectivity index (χ4n) is 2.58. The SMILES string of the molecule is CC(C)(C)NCCCNCCC1CCCCC1. The molecule has 0 radical (unpaired) electrons. The van der Waals surface area contributed by atoms with Crippen molar-refractivity contribution < 1.29 is 0 Å². The first-order valence-corrected chi connectivity index (χ1v) is 7.54. The van der Waals surface area contributed by atoms with Crippen molar-refractivity contribution in [3.63, 3.8) is 0 Å². The van der Waals surface area contributed by atoms with Crippen LogP contribution in [0.5, 0.6) is 0 Å². The topological polar surface area (TPSA) is 24.1 Å². The van der Waals surface area contributed by atoms with Gasteiger partial charge in [0.2, 0.25) is 0 Å². The summed E-state index contributed by atoms with van der Waals surface area (Å²) in [5.74, 6) is 1.02. The average Bonchev–Trinajstić information content (AvgIpc) is 2.28. The predicted octanol–water partition coefficient (Wildman–Crippen LogP) is 3.32. The van der Waals surface area contributed by atoms with E-state index in [1.165, 1.54) is 51.5 Å². The third kappa shape index (κ3) is 8.62. The van der Waals surface area contributed by atoms with Crippen molar-refractivity contribution in [1.29, 1.82) is 0 Å². The monoisotopic (exact) mass is 240 g/mol. The van der Waals surface area contributed by atoms with E-state index in [1.54, 1.807) is 0 Å². The van der Waals surface area contributed by atoms with Gasteiger partial charge in [-0.2, -0.15) is 0 Å². The van der Waals surface area contributed by atoms with Gasteiger partial charge < -0.3 is 10.6 Å². The lowest BCUT2D eigenvalue weighted by molar-refractivity contribution is 0.333. The van der Waals surface area contributed by atoms with Crippen LogP contribution in [-0.4, -0.2) is 25.2 Å². The van der Waals surface area contributed by atoms with E-state index in [-0.39, 0.29) is 5.54 Å². The van der Waals surface area contributed by atoms with Crippen LogP contribution < -0.4 is 10.6 Å². The molecule has 0 spiro atoms. The molecule has 0 unspecified atom stereocenters. The molecule has 102 valence electrons. The molecule has 0 aromatic rings. The minimum absolute atomic E-state index is 0.266. The molecule has 2 N–H and O–H groups in total. The molecule has 1 saturated carbocycles. The molecule has 0 aromatic heterocycles. The molecule has 1 aliphatic rings. The molecule has 1 aliphatic carbocycles. The number of hydrogen-bond donors (Lipinski definition) is 2. The number of nitrogens with one attached hydrogen (secondary N) is 2. The molecule has 0 atom stereocenters. The zero-order valence-electron chi connectivity index (χ0n) is 12.1. The van der Waals surface area contributed by atoms with Gasteiger partial charge in [-0.1, -0.05) is 32.1 Å². The number of rotatable bonds is 7. The second-order valence-corrected chi connectivity index (χ2v) is 6.57. The van der Waals surface area contributed by atoms with Gasteiger partial charge in [0, 0.05) is 5.54 Å². The Balaban J connectivity index is 1.84. The van der Waals surface area contributed by atoms with Gasteiger partial charge in [-0.05, 0) is 59.2 Å². The van der Waals surface area contributed by atoms with Gasteiger partial charge in [0.05, 0.1) is 0 Å². The van der Waals surface area contributed by atoms with Gasteiger partial charge in [-0.3, -0.25) is 0 Å². The predicted molar refractivity (Wildman–Crippen MR) is 76.4 cm³/mol. The summed E-state index contributed by atoms with van der Waals surface area (Å²) in [6.07, 6.45) is 10.0. The lowest BCUT2D eigenvalue weighted by Gasteiger charge is -2.22. The van der Waals surface area contributed by atoms with Crippen LogP contribution in [0, 0.1) is 5.92 Å². The molecule has 1 rings (SSSR count). The summed E-state index contributed by atoms with van der Waals surface area (Å²) in [6, 6.07) is 0. The molecular weight excluding hydrogens is 208 g/mol. The van der Waals surface area contributed by atoms with E-state index < -0.39 is 0 Å². The molecule has 0 aliphatic heterocycles. The molecule has 0 heterocycles.